The fourth-order valence-corrected chi connectivity index (χ4v) is 3.90. The fourth-order valence-electron chi connectivity index (χ4n) is 3.15. The molecule has 1 atom stereocenters. The molecule has 0 saturated heterocycles. The molecule has 0 spiro atoms. The quantitative estimate of drug-likeness (QED) is 0.536. The number of aromatic nitrogens is 3. The Morgan fingerprint density at radius 2 is 1.87 bits per heavy atom. The van der Waals surface area contributed by atoms with Crippen molar-refractivity contribution in [1.82, 2.24) is 20.1 Å². The molecule has 162 valence electrons. The minimum atomic E-state index is -0.00918. The maximum Gasteiger partial charge on any atom is 0.231 e. The summed E-state index contributed by atoms with van der Waals surface area (Å²) >= 11 is 1.39. The summed E-state index contributed by atoms with van der Waals surface area (Å²) in [5, 5.41) is 12.5. The number of ether oxygens (including phenoxy) is 2. The first kappa shape index (κ1) is 21.2. The minimum absolute atomic E-state index is 0.00918. The molecule has 0 fully saturated rings. The summed E-state index contributed by atoms with van der Waals surface area (Å²) in [5.41, 5.74) is 2.02. The highest BCUT2D eigenvalue weighted by molar-refractivity contribution is 7.99. The number of amides is 1. The van der Waals surface area contributed by atoms with E-state index >= 15 is 0 Å². The number of thioether (sulfide) groups is 1. The lowest BCUT2D eigenvalue weighted by Crippen LogP contribution is -2.37. The largest absolute Gasteiger partial charge is 0.454 e. The third kappa shape index (κ3) is 5.02. The molecule has 0 bridgehead atoms. The zero-order valence-corrected chi connectivity index (χ0v) is 18.7. The van der Waals surface area contributed by atoms with Crippen LogP contribution in [0.4, 0.5) is 0 Å². The van der Waals surface area contributed by atoms with E-state index in [1.54, 1.807) is 0 Å². The Morgan fingerprint density at radius 3 is 2.65 bits per heavy atom. The van der Waals surface area contributed by atoms with Crippen LogP contribution < -0.4 is 14.8 Å². The van der Waals surface area contributed by atoms with E-state index in [2.05, 4.69) is 29.4 Å². The Bertz CT molecular complexity index is 1050. The highest BCUT2D eigenvalue weighted by atomic mass is 32.2. The molecular weight excluding hydrogens is 412 g/mol. The first-order valence-electron chi connectivity index (χ1n) is 10.3. The predicted octanol–water partition coefficient (Wildman–Crippen LogP) is 3.97. The molecule has 1 aromatic heterocycles. The van der Waals surface area contributed by atoms with E-state index in [1.165, 1.54) is 11.8 Å². The van der Waals surface area contributed by atoms with Crippen LogP contribution >= 0.6 is 11.8 Å². The molecule has 7 nitrogen and oxygen atoms in total. The highest BCUT2D eigenvalue weighted by Gasteiger charge is 2.19. The van der Waals surface area contributed by atoms with Crippen molar-refractivity contribution >= 4 is 17.7 Å². The average molecular weight is 439 g/mol. The Morgan fingerprint density at radius 1 is 1.10 bits per heavy atom. The fraction of sp³-hybridized carbons (Fsp3) is 0.348. The summed E-state index contributed by atoms with van der Waals surface area (Å²) < 4.78 is 13.0. The van der Waals surface area contributed by atoms with Gasteiger partial charge in [0.2, 0.25) is 12.7 Å². The topological polar surface area (TPSA) is 78.3 Å². The first-order valence-corrected chi connectivity index (χ1v) is 11.3. The molecular formula is C23H26N4O3S. The summed E-state index contributed by atoms with van der Waals surface area (Å²) in [4.78, 5) is 12.4. The van der Waals surface area contributed by atoms with Gasteiger partial charge in [0.25, 0.3) is 0 Å². The van der Waals surface area contributed by atoms with Gasteiger partial charge in [0.15, 0.2) is 22.5 Å². The number of carbonyl (C=O) groups excluding carboxylic acids is 1. The average Bonchev–Trinajstić information content (AvgIpc) is 3.39. The van der Waals surface area contributed by atoms with Gasteiger partial charge in [-0.15, -0.1) is 10.2 Å². The van der Waals surface area contributed by atoms with Crippen LogP contribution in [0.1, 0.15) is 26.3 Å². The van der Waals surface area contributed by atoms with Crippen LogP contribution in [0.25, 0.3) is 11.4 Å². The minimum Gasteiger partial charge on any atom is -0.454 e. The number of benzene rings is 2. The predicted molar refractivity (Wildman–Crippen MR) is 120 cm³/mol. The van der Waals surface area contributed by atoms with Crippen LogP contribution in [0.5, 0.6) is 11.5 Å². The van der Waals surface area contributed by atoms with Crippen molar-refractivity contribution in [2.75, 3.05) is 12.5 Å². The number of hydrogen-bond acceptors (Lipinski definition) is 6. The van der Waals surface area contributed by atoms with Gasteiger partial charge in [0.1, 0.15) is 0 Å². The number of fused-ring (bicyclic) bond motifs is 1. The monoisotopic (exact) mass is 438 g/mol. The number of rotatable bonds is 8. The van der Waals surface area contributed by atoms with Gasteiger partial charge >= 0.3 is 0 Å². The van der Waals surface area contributed by atoms with Crippen LogP contribution in [-0.4, -0.2) is 39.3 Å². The summed E-state index contributed by atoms with van der Waals surface area (Å²) in [6.45, 7) is 6.99. The molecule has 2 aromatic carbocycles. The third-order valence-corrected chi connectivity index (χ3v) is 6.21. The summed E-state index contributed by atoms with van der Waals surface area (Å²) in [6, 6.07) is 16.0. The van der Waals surface area contributed by atoms with Gasteiger partial charge in [-0.1, -0.05) is 62.0 Å². The third-order valence-electron chi connectivity index (χ3n) is 5.25. The van der Waals surface area contributed by atoms with E-state index in [4.69, 9.17) is 9.47 Å². The standard InChI is InChI=1S/C23H26N4O3S/c1-15(2)16(3)24-21(28)13-31-23-26-25-22(18-7-5-4-6-8-18)27(23)12-17-9-10-19-20(11-17)30-14-29-19/h4-11,15-16H,12-14H2,1-3H3,(H,24,28)/t16-/m1/s1. The molecule has 0 aliphatic carbocycles. The first-order chi connectivity index (χ1) is 15.0. The van der Waals surface area contributed by atoms with E-state index in [9.17, 15) is 4.79 Å². The second-order valence-corrected chi connectivity index (χ2v) is 8.78. The van der Waals surface area contributed by atoms with Gasteiger partial charge < -0.3 is 14.8 Å². The molecule has 0 saturated carbocycles. The van der Waals surface area contributed by atoms with Gasteiger partial charge in [-0.2, -0.15) is 0 Å². The lowest BCUT2D eigenvalue weighted by molar-refractivity contribution is -0.119. The van der Waals surface area contributed by atoms with Crippen molar-refractivity contribution < 1.29 is 14.3 Å². The number of carbonyl (C=O) groups is 1. The van der Waals surface area contributed by atoms with Crippen LogP contribution in [0, 0.1) is 5.92 Å². The van der Waals surface area contributed by atoms with Crippen LogP contribution in [-0.2, 0) is 11.3 Å². The molecule has 31 heavy (non-hydrogen) atoms. The van der Waals surface area contributed by atoms with E-state index in [1.807, 2.05) is 60.0 Å². The molecule has 0 unspecified atom stereocenters. The summed E-state index contributed by atoms with van der Waals surface area (Å²) in [5.74, 6) is 2.91. The highest BCUT2D eigenvalue weighted by Crippen LogP contribution is 2.33. The molecule has 0 radical (unpaired) electrons. The maximum absolute atomic E-state index is 12.4. The van der Waals surface area contributed by atoms with Crippen molar-refractivity contribution in [2.45, 2.75) is 38.5 Å². The normalized spacial score (nSPS) is 13.4. The van der Waals surface area contributed by atoms with Gasteiger partial charge in [-0.05, 0) is 30.5 Å². The van der Waals surface area contributed by atoms with Gasteiger partial charge in [0, 0.05) is 11.6 Å². The molecule has 8 heteroatoms. The Kier molecular flexibility index (Phi) is 6.46. The van der Waals surface area contributed by atoms with E-state index in [0.717, 1.165) is 28.5 Å². The smallest absolute Gasteiger partial charge is 0.231 e. The van der Waals surface area contributed by atoms with Crippen molar-refractivity contribution in [1.29, 1.82) is 0 Å². The zero-order valence-electron chi connectivity index (χ0n) is 17.9. The molecule has 1 amide bonds. The second kappa shape index (κ2) is 9.43. The van der Waals surface area contributed by atoms with Crippen LogP contribution in [0.15, 0.2) is 53.7 Å². The summed E-state index contributed by atoms with van der Waals surface area (Å²) in [7, 11) is 0. The molecule has 1 aliphatic heterocycles. The van der Waals surface area contributed by atoms with Gasteiger partial charge in [-0.3, -0.25) is 9.36 Å². The SMILES string of the molecule is CC(C)[C@@H](C)NC(=O)CSc1nnc(-c2ccccc2)n1Cc1ccc2c(c1)OCO2. The Hall–Kier alpha value is -3.00. The Balaban J connectivity index is 1.57. The lowest BCUT2D eigenvalue weighted by atomic mass is 10.1. The van der Waals surface area contributed by atoms with Gasteiger partial charge in [0.05, 0.1) is 12.3 Å². The second-order valence-electron chi connectivity index (χ2n) is 7.83. The van der Waals surface area contributed by atoms with Crippen molar-refractivity contribution in [2.24, 2.45) is 5.92 Å². The van der Waals surface area contributed by atoms with Gasteiger partial charge in [-0.25, -0.2) is 0 Å². The zero-order chi connectivity index (χ0) is 21.8. The van der Waals surface area contributed by atoms with Crippen molar-refractivity contribution in [3.05, 3.63) is 54.1 Å². The molecule has 2 heterocycles. The van der Waals surface area contributed by atoms with Crippen molar-refractivity contribution in [3.63, 3.8) is 0 Å². The van der Waals surface area contributed by atoms with E-state index in [0.29, 0.717) is 17.6 Å². The molecule has 3 aromatic rings. The molecule has 1 N–H and O–H groups in total. The lowest BCUT2D eigenvalue weighted by Gasteiger charge is -2.17. The Labute approximate surface area is 186 Å². The van der Waals surface area contributed by atoms with Crippen molar-refractivity contribution in [3.8, 4) is 22.9 Å². The molecule has 4 rings (SSSR count). The van der Waals surface area contributed by atoms with Crippen LogP contribution in [0.2, 0.25) is 0 Å². The van der Waals surface area contributed by atoms with E-state index < -0.39 is 0 Å². The number of nitrogens with one attached hydrogen (secondary N) is 1. The maximum atomic E-state index is 12.4. The van der Waals surface area contributed by atoms with Crippen LogP contribution in [0.3, 0.4) is 0 Å². The summed E-state index contributed by atoms with van der Waals surface area (Å²) in [6.07, 6.45) is 0. The van der Waals surface area contributed by atoms with E-state index in [-0.39, 0.29) is 24.5 Å². The molecule has 1 aliphatic rings. The number of hydrogen-bond donors (Lipinski definition) is 1. The number of nitrogens with zero attached hydrogens (tertiary/aromatic N) is 3.